The highest BCUT2D eigenvalue weighted by Crippen LogP contribution is 2.42. The van der Waals surface area contributed by atoms with Crippen molar-refractivity contribution in [2.75, 3.05) is 19.6 Å². The molecule has 3 fully saturated rings. The molecular weight excluding hydrogens is 276 g/mol. The number of likely N-dealkylation sites (tertiary alicyclic amines) is 2. The summed E-state index contributed by atoms with van der Waals surface area (Å²) in [5.41, 5.74) is 1.05. The van der Waals surface area contributed by atoms with Crippen LogP contribution in [0.25, 0.3) is 0 Å². The number of aromatic nitrogens is 2. The number of hydrogen-bond donors (Lipinski definition) is 1. The number of carbonyl (C=O) groups excluding carboxylic acids is 1. The minimum absolute atomic E-state index is 0.0964. The molecule has 22 heavy (non-hydrogen) atoms. The van der Waals surface area contributed by atoms with Gasteiger partial charge in [-0.15, -0.1) is 0 Å². The number of imidazole rings is 1. The van der Waals surface area contributed by atoms with E-state index in [1.54, 1.807) is 6.33 Å². The molecule has 0 aromatic carbocycles. The fourth-order valence-electron chi connectivity index (χ4n) is 4.75. The van der Waals surface area contributed by atoms with E-state index < -0.39 is 0 Å². The zero-order chi connectivity index (χ0) is 15.0. The Morgan fingerprint density at radius 1 is 1.23 bits per heavy atom. The molecule has 1 spiro atoms. The van der Waals surface area contributed by atoms with E-state index in [-0.39, 0.29) is 5.41 Å². The van der Waals surface area contributed by atoms with E-state index in [1.807, 2.05) is 6.20 Å². The zero-order valence-corrected chi connectivity index (χ0v) is 13.3. The third kappa shape index (κ3) is 2.45. The highest BCUT2D eigenvalue weighted by atomic mass is 16.2. The van der Waals surface area contributed by atoms with Gasteiger partial charge in [0.05, 0.1) is 11.7 Å². The van der Waals surface area contributed by atoms with Gasteiger partial charge in [0.25, 0.3) is 0 Å². The number of rotatable bonds is 3. The molecule has 120 valence electrons. The van der Waals surface area contributed by atoms with E-state index in [9.17, 15) is 4.79 Å². The molecule has 2 saturated heterocycles. The summed E-state index contributed by atoms with van der Waals surface area (Å²) in [7, 11) is 0. The SMILES string of the molecule is O=C1N(C2CCCC2)CCC[C@@]12CCN(Cc1cnc[nH]1)C2. The fraction of sp³-hybridized carbons (Fsp3) is 0.765. The lowest BCUT2D eigenvalue weighted by Crippen LogP contribution is -2.53. The fourth-order valence-corrected chi connectivity index (χ4v) is 4.75. The third-order valence-corrected chi connectivity index (χ3v) is 5.92. The molecule has 4 rings (SSSR count). The van der Waals surface area contributed by atoms with Crippen molar-refractivity contribution in [1.29, 1.82) is 0 Å². The Bertz CT molecular complexity index is 523. The number of carbonyl (C=O) groups is 1. The molecule has 1 aliphatic carbocycles. The largest absolute Gasteiger partial charge is 0.347 e. The Hall–Kier alpha value is -1.36. The molecule has 1 atom stereocenters. The van der Waals surface area contributed by atoms with Crippen LogP contribution in [0, 0.1) is 5.41 Å². The van der Waals surface area contributed by atoms with Crippen LogP contribution in [-0.2, 0) is 11.3 Å². The van der Waals surface area contributed by atoms with E-state index in [1.165, 1.54) is 32.1 Å². The highest BCUT2D eigenvalue weighted by Gasteiger charge is 2.49. The van der Waals surface area contributed by atoms with Crippen molar-refractivity contribution in [2.24, 2.45) is 5.41 Å². The molecular formula is C17H26N4O. The molecule has 0 radical (unpaired) electrons. The minimum Gasteiger partial charge on any atom is -0.347 e. The van der Waals surface area contributed by atoms with Crippen LogP contribution in [0.15, 0.2) is 12.5 Å². The van der Waals surface area contributed by atoms with Crippen molar-refractivity contribution in [3.8, 4) is 0 Å². The van der Waals surface area contributed by atoms with Gasteiger partial charge in [0.1, 0.15) is 0 Å². The smallest absolute Gasteiger partial charge is 0.230 e. The Kier molecular flexibility index (Phi) is 3.68. The molecule has 1 N–H and O–H groups in total. The molecule has 3 aliphatic rings. The maximum absolute atomic E-state index is 13.2. The van der Waals surface area contributed by atoms with E-state index in [0.717, 1.165) is 44.7 Å². The molecule has 1 aromatic heterocycles. The van der Waals surface area contributed by atoms with Crippen LogP contribution in [0.4, 0.5) is 0 Å². The highest BCUT2D eigenvalue weighted by molar-refractivity contribution is 5.84. The van der Waals surface area contributed by atoms with Gasteiger partial charge in [-0.05, 0) is 38.6 Å². The zero-order valence-electron chi connectivity index (χ0n) is 13.3. The average molecular weight is 302 g/mol. The first-order valence-electron chi connectivity index (χ1n) is 8.78. The topological polar surface area (TPSA) is 52.2 Å². The molecule has 0 unspecified atom stereocenters. The lowest BCUT2D eigenvalue weighted by atomic mass is 9.77. The first-order chi connectivity index (χ1) is 10.8. The Morgan fingerprint density at radius 3 is 2.86 bits per heavy atom. The van der Waals surface area contributed by atoms with Crippen LogP contribution in [0.1, 0.15) is 50.6 Å². The van der Waals surface area contributed by atoms with Crippen LogP contribution < -0.4 is 0 Å². The number of piperidine rings is 1. The van der Waals surface area contributed by atoms with Crippen LogP contribution in [0.3, 0.4) is 0 Å². The van der Waals surface area contributed by atoms with Crippen molar-refractivity contribution in [3.63, 3.8) is 0 Å². The number of aromatic amines is 1. The van der Waals surface area contributed by atoms with E-state index in [2.05, 4.69) is 19.8 Å². The summed E-state index contributed by atoms with van der Waals surface area (Å²) in [6, 6.07) is 0.534. The lowest BCUT2D eigenvalue weighted by Gasteiger charge is -2.42. The van der Waals surface area contributed by atoms with Crippen molar-refractivity contribution in [2.45, 2.75) is 57.5 Å². The number of hydrogen-bond acceptors (Lipinski definition) is 3. The number of nitrogens with one attached hydrogen (secondary N) is 1. The summed E-state index contributed by atoms with van der Waals surface area (Å²) < 4.78 is 0. The normalized spacial score (nSPS) is 30.7. The molecule has 5 nitrogen and oxygen atoms in total. The predicted molar refractivity (Wildman–Crippen MR) is 84.1 cm³/mol. The van der Waals surface area contributed by atoms with Crippen LogP contribution in [0.5, 0.6) is 0 Å². The predicted octanol–water partition coefficient (Wildman–Crippen LogP) is 2.17. The second kappa shape index (κ2) is 5.69. The monoisotopic (exact) mass is 302 g/mol. The molecule has 3 heterocycles. The van der Waals surface area contributed by atoms with Gasteiger partial charge in [0, 0.05) is 37.6 Å². The number of H-pyrrole nitrogens is 1. The second-order valence-electron chi connectivity index (χ2n) is 7.36. The number of nitrogens with zero attached hydrogens (tertiary/aromatic N) is 3. The van der Waals surface area contributed by atoms with Gasteiger partial charge in [-0.1, -0.05) is 12.8 Å². The molecule has 1 amide bonds. The van der Waals surface area contributed by atoms with Gasteiger partial charge in [-0.3, -0.25) is 9.69 Å². The third-order valence-electron chi connectivity index (χ3n) is 5.92. The van der Waals surface area contributed by atoms with Gasteiger partial charge in [-0.2, -0.15) is 0 Å². The van der Waals surface area contributed by atoms with Gasteiger partial charge >= 0.3 is 0 Å². The lowest BCUT2D eigenvalue weighted by molar-refractivity contribution is -0.148. The molecule has 2 aliphatic heterocycles. The van der Waals surface area contributed by atoms with Gasteiger partial charge < -0.3 is 9.88 Å². The van der Waals surface area contributed by atoms with E-state index in [4.69, 9.17) is 0 Å². The van der Waals surface area contributed by atoms with Gasteiger partial charge in [0.15, 0.2) is 0 Å². The summed E-state index contributed by atoms with van der Waals surface area (Å²) in [6.45, 7) is 3.83. The first kappa shape index (κ1) is 14.2. The second-order valence-corrected chi connectivity index (χ2v) is 7.36. The van der Waals surface area contributed by atoms with Crippen molar-refractivity contribution < 1.29 is 4.79 Å². The summed E-state index contributed by atoms with van der Waals surface area (Å²) in [6.07, 6.45) is 11.9. The summed E-state index contributed by atoms with van der Waals surface area (Å²) in [4.78, 5) is 25.1. The van der Waals surface area contributed by atoms with E-state index in [0.29, 0.717) is 11.9 Å². The standard InChI is InChI=1S/C17H26N4O/c22-16-17(6-3-8-21(16)15-4-1-2-5-15)7-9-20(12-17)11-14-10-18-13-19-14/h10,13,15H,1-9,11-12H2,(H,18,19)/t17-/m0/s1. The van der Waals surface area contributed by atoms with Crippen LogP contribution >= 0.6 is 0 Å². The Balaban J connectivity index is 1.45. The van der Waals surface area contributed by atoms with Crippen molar-refractivity contribution in [1.82, 2.24) is 19.8 Å². The summed E-state index contributed by atoms with van der Waals surface area (Å²) in [5.74, 6) is 0.456. The van der Waals surface area contributed by atoms with Crippen LogP contribution in [0.2, 0.25) is 0 Å². The Morgan fingerprint density at radius 2 is 2.09 bits per heavy atom. The van der Waals surface area contributed by atoms with Crippen LogP contribution in [-0.4, -0.2) is 51.4 Å². The molecule has 1 saturated carbocycles. The maximum Gasteiger partial charge on any atom is 0.230 e. The molecule has 5 heteroatoms. The summed E-state index contributed by atoms with van der Waals surface area (Å²) >= 11 is 0. The molecule has 1 aromatic rings. The van der Waals surface area contributed by atoms with Crippen molar-refractivity contribution in [3.05, 3.63) is 18.2 Å². The van der Waals surface area contributed by atoms with E-state index >= 15 is 0 Å². The first-order valence-corrected chi connectivity index (χ1v) is 8.78. The maximum atomic E-state index is 13.2. The number of amides is 1. The summed E-state index contributed by atoms with van der Waals surface area (Å²) in [5, 5.41) is 0. The minimum atomic E-state index is -0.0964. The average Bonchev–Trinajstić information content (AvgIpc) is 3.26. The van der Waals surface area contributed by atoms with Gasteiger partial charge in [-0.25, -0.2) is 4.98 Å². The quantitative estimate of drug-likeness (QED) is 0.931. The van der Waals surface area contributed by atoms with Gasteiger partial charge in [0.2, 0.25) is 5.91 Å². The Labute approximate surface area is 132 Å². The van der Waals surface area contributed by atoms with Crippen molar-refractivity contribution >= 4 is 5.91 Å². The molecule has 0 bridgehead atoms.